The van der Waals surface area contributed by atoms with Crippen molar-refractivity contribution in [2.45, 2.75) is 26.7 Å². The van der Waals surface area contributed by atoms with Crippen LogP contribution in [0.3, 0.4) is 0 Å². The molecular formula is C11H16O2. The standard InChI is InChI=1S/C11H16O2/c1-7(2)9-6-11(13-4)8(3)5-10(9)12/h5-7,12H,1-4H3. The van der Waals surface area contributed by atoms with E-state index < -0.39 is 0 Å². The molecule has 0 spiro atoms. The monoisotopic (exact) mass is 180 g/mol. The number of phenols is 1. The third-order valence-corrected chi connectivity index (χ3v) is 2.17. The molecule has 1 N–H and O–H groups in total. The van der Waals surface area contributed by atoms with E-state index in [9.17, 15) is 5.11 Å². The highest BCUT2D eigenvalue weighted by molar-refractivity contribution is 5.46. The van der Waals surface area contributed by atoms with Crippen molar-refractivity contribution >= 4 is 0 Å². The van der Waals surface area contributed by atoms with Gasteiger partial charge in [-0.2, -0.15) is 0 Å². The zero-order valence-corrected chi connectivity index (χ0v) is 8.59. The van der Waals surface area contributed by atoms with E-state index in [1.54, 1.807) is 13.2 Å². The van der Waals surface area contributed by atoms with Gasteiger partial charge in [0, 0.05) is 5.56 Å². The summed E-state index contributed by atoms with van der Waals surface area (Å²) in [5, 5.41) is 9.63. The van der Waals surface area contributed by atoms with Crippen LogP contribution in [0.15, 0.2) is 12.1 Å². The summed E-state index contributed by atoms with van der Waals surface area (Å²) in [4.78, 5) is 0. The van der Waals surface area contributed by atoms with E-state index in [0.29, 0.717) is 11.7 Å². The lowest BCUT2D eigenvalue weighted by molar-refractivity contribution is 0.406. The molecule has 72 valence electrons. The van der Waals surface area contributed by atoms with E-state index in [4.69, 9.17) is 4.74 Å². The van der Waals surface area contributed by atoms with Gasteiger partial charge in [0.2, 0.25) is 0 Å². The number of aryl methyl sites for hydroxylation is 1. The number of rotatable bonds is 2. The zero-order chi connectivity index (χ0) is 10.0. The summed E-state index contributed by atoms with van der Waals surface area (Å²) in [5.41, 5.74) is 1.90. The van der Waals surface area contributed by atoms with Gasteiger partial charge in [-0.05, 0) is 30.5 Å². The lowest BCUT2D eigenvalue weighted by Crippen LogP contribution is -1.93. The summed E-state index contributed by atoms with van der Waals surface area (Å²) in [7, 11) is 1.64. The van der Waals surface area contributed by atoms with Crippen LogP contribution >= 0.6 is 0 Å². The van der Waals surface area contributed by atoms with Crippen LogP contribution < -0.4 is 4.74 Å². The first-order valence-corrected chi connectivity index (χ1v) is 4.43. The minimum atomic E-state index is 0.314. The maximum atomic E-state index is 9.63. The van der Waals surface area contributed by atoms with Crippen molar-refractivity contribution < 1.29 is 9.84 Å². The van der Waals surface area contributed by atoms with Crippen LogP contribution in [0.4, 0.5) is 0 Å². The fourth-order valence-electron chi connectivity index (χ4n) is 1.37. The number of hydrogen-bond donors (Lipinski definition) is 1. The maximum absolute atomic E-state index is 9.63. The summed E-state index contributed by atoms with van der Waals surface area (Å²) in [6.45, 7) is 6.01. The quantitative estimate of drug-likeness (QED) is 0.758. The Balaban J connectivity index is 3.22. The zero-order valence-electron chi connectivity index (χ0n) is 8.59. The lowest BCUT2D eigenvalue weighted by atomic mass is 10.00. The maximum Gasteiger partial charge on any atom is 0.122 e. The Hall–Kier alpha value is -1.18. The SMILES string of the molecule is COc1cc(C(C)C)c(O)cc1C. The molecule has 2 nitrogen and oxygen atoms in total. The minimum absolute atomic E-state index is 0.314. The van der Waals surface area contributed by atoms with Gasteiger partial charge in [0.15, 0.2) is 0 Å². The van der Waals surface area contributed by atoms with E-state index in [0.717, 1.165) is 16.9 Å². The molecular weight excluding hydrogens is 164 g/mol. The molecule has 0 fully saturated rings. The summed E-state index contributed by atoms with van der Waals surface area (Å²) in [6.07, 6.45) is 0. The van der Waals surface area contributed by atoms with Gasteiger partial charge >= 0.3 is 0 Å². The van der Waals surface area contributed by atoms with Crippen LogP contribution in [-0.4, -0.2) is 12.2 Å². The number of phenolic OH excluding ortho intramolecular Hbond substituents is 1. The molecule has 1 aromatic carbocycles. The van der Waals surface area contributed by atoms with E-state index in [2.05, 4.69) is 0 Å². The van der Waals surface area contributed by atoms with Gasteiger partial charge in [0.05, 0.1) is 7.11 Å². The molecule has 0 heterocycles. The molecule has 0 bridgehead atoms. The molecule has 13 heavy (non-hydrogen) atoms. The predicted octanol–water partition coefficient (Wildman–Crippen LogP) is 2.83. The smallest absolute Gasteiger partial charge is 0.122 e. The number of ether oxygens (including phenoxy) is 1. The number of hydrogen-bond acceptors (Lipinski definition) is 2. The topological polar surface area (TPSA) is 29.5 Å². The van der Waals surface area contributed by atoms with Gasteiger partial charge in [-0.1, -0.05) is 13.8 Å². The Morgan fingerprint density at radius 2 is 1.92 bits per heavy atom. The van der Waals surface area contributed by atoms with E-state index in [-0.39, 0.29) is 0 Å². The fourth-order valence-corrected chi connectivity index (χ4v) is 1.37. The normalized spacial score (nSPS) is 10.5. The third kappa shape index (κ3) is 1.94. The van der Waals surface area contributed by atoms with Crippen molar-refractivity contribution in [1.82, 2.24) is 0 Å². The first-order valence-electron chi connectivity index (χ1n) is 4.43. The molecule has 0 amide bonds. The molecule has 0 atom stereocenters. The van der Waals surface area contributed by atoms with Crippen LogP contribution in [0.25, 0.3) is 0 Å². The highest BCUT2D eigenvalue weighted by atomic mass is 16.5. The molecule has 1 aromatic rings. The molecule has 0 aliphatic heterocycles. The van der Waals surface area contributed by atoms with Crippen LogP contribution in [0.1, 0.15) is 30.9 Å². The van der Waals surface area contributed by atoms with Crippen molar-refractivity contribution in [3.8, 4) is 11.5 Å². The second kappa shape index (κ2) is 3.69. The first-order chi connectivity index (χ1) is 6.06. The van der Waals surface area contributed by atoms with Crippen molar-refractivity contribution in [1.29, 1.82) is 0 Å². The number of aromatic hydroxyl groups is 1. The molecule has 0 radical (unpaired) electrons. The molecule has 0 unspecified atom stereocenters. The molecule has 0 saturated carbocycles. The Labute approximate surface area is 79.2 Å². The van der Waals surface area contributed by atoms with E-state index in [1.165, 1.54) is 0 Å². The van der Waals surface area contributed by atoms with Gasteiger partial charge in [-0.3, -0.25) is 0 Å². The molecule has 0 aromatic heterocycles. The Morgan fingerprint density at radius 3 is 2.38 bits per heavy atom. The summed E-state index contributed by atoms with van der Waals surface area (Å²) in [6, 6.07) is 3.64. The van der Waals surface area contributed by atoms with Gasteiger partial charge in [-0.25, -0.2) is 0 Å². The Kier molecular flexibility index (Phi) is 2.81. The van der Waals surface area contributed by atoms with Gasteiger partial charge in [0.25, 0.3) is 0 Å². The van der Waals surface area contributed by atoms with Crippen molar-refractivity contribution in [2.75, 3.05) is 7.11 Å². The van der Waals surface area contributed by atoms with Gasteiger partial charge in [0.1, 0.15) is 11.5 Å². The Morgan fingerprint density at radius 1 is 1.31 bits per heavy atom. The summed E-state index contributed by atoms with van der Waals surface area (Å²) in [5.74, 6) is 1.50. The highest BCUT2D eigenvalue weighted by Crippen LogP contribution is 2.31. The average molecular weight is 180 g/mol. The molecule has 0 aliphatic carbocycles. The van der Waals surface area contributed by atoms with Crippen LogP contribution in [0.5, 0.6) is 11.5 Å². The van der Waals surface area contributed by atoms with Crippen molar-refractivity contribution in [3.63, 3.8) is 0 Å². The van der Waals surface area contributed by atoms with Gasteiger partial charge < -0.3 is 9.84 Å². The molecule has 2 heteroatoms. The van der Waals surface area contributed by atoms with E-state index in [1.807, 2.05) is 26.8 Å². The first kappa shape index (κ1) is 9.90. The summed E-state index contributed by atoms with van der Waals surface area (Å²) >= 11 is 0. The second-order valence-corrected chi connectivity index (χ2v) is 3.54. The minimum Gasteiger partial charge on any atom is -0.508 e. The average Bonchev–Trinajstić information content (AvgIpc) is 2.03. The molecule has 1 rings (SSSR count). The van der Waals surface area contributed by atoms with Crippen molar-refractivity contribution in [2.24, 2.45) is 0 Å². The van der Waals surface area contributed by atoms with Crippen LogP contribution in [0.2, 0.25) is 0 Å². The summed E-state index contributed by atoms with van der Waals surface area (Å²) < 4.78 is 5.18. The predicted molar refractivity (Wildman–Crippen MR) is 53.5 cm³/mol. The van der Waals surface area contributed by atoms with Gasteiger partial charge in [-0.15, -0.1) is 0 Å². The highest BCUT2D eigenvalue weighted by Gasteiger charge is 2.09. The lowest BCUT2D eigenvalue weighted by Gasteiger charge is -2.12. The Bertz CT molecular complexity index is 303. The second-order valence-electron chi connectivity index (χ2n) is 3.54. The third-order valence-electron chi connectivity index (χ3n) is 2.17. The largest absolute Gasteiger partial charge is 0.508 e. The van der Waals surface area contributed by atoms with E-state index >= 15 is 0 Å². The molecule has 0 aliphatic rings. The van der Waals surface area contributed by atoms with Crippen molar-refractivity contribution in [3.05, 3.63) is 23.3 Å². The molecule has 0 saturated heterocycles. The number of methoxy groups -OCH3 is 1. The number of benzene rings is 1. The van der Waals surface area contributed by atoms with Crippen LogP contribution in [-0.2, 0) is 0 Å². The fraction of sp³-hybridized carbons (Fsp3) is 0.455. The van der Waals surface area contributed by atoms with Crippen LogP contribution in [0, 0.1) is 6.92 Å².